The SMILES string of the molecule is COc1ccc(C(CNC(=O)C2(c3cccc(F)c3)CCC2)N2CCOCC2)cc1OC. The van der Waals surface area contributed by atoms with Crippen LogP contribution in [0.4, 0.5) is 4.39 Å². The molecule has 0 radical (unpaired) electrons. The molecule has 32 heavy (non-hydrogen) atoms. The summed E-state index contributed by atoms with van der Waals surface area (Å²) in [6.45, 7) is 3.33. The summed E-state index contributed by atoms with van der Waals surface area (Å²) in [6.07, 6.45) is 2.44. The van der Waals surface area contributed by atoms with Crippen LogP contribution in [0.15, 0.2) is 42.5 Å². The normalized spacial score (nSPS) is 19.0. The molecule has 1 aliphatic heterocycles. The number of carbonyl (C=O) groups is 1. The molecule has 4 rings (SSSR count). The van der Waals surface area contributed by atoms with E-state index in [1.54, 1.807) is 20.3 Å². The number of nitrogens with zero attached hydrogens (tertiary/aromatic N) is 1. The summed E-state index contributed by atoms with van der Waals surface area (Å²) in [7, 11) is 3.23. The fourth-order valence-corrected chi connectivity index (χ4v) is 4.73. The molecule has 1 saturated heterocycles. The van der Waals surface area contributed by atoms with Gasteiger partial charge in [0.05, 0.1) is 38.9 Å². The molecule has 2 aromatic rings. The highest BCUT2D eigenvalue weighted by Gasteiger charge is 2.46. The van der Waals surface area contributed by atoms with Gasteiger partial charge in [-0.25, -0.2) is 4.39 Å². The third kappa shape index (κ3) is 4.45. The van der Waals surface area contributed by atoms with Gasteiger partial charge in [-0.3, -0.25) is 9.69 Å². The van der Waals surface area contributed by atoms with Gasteiger partial charge in [0.15, 0.2) is 11.5 Å². The third-order valence-corrected chi connectivity index (χ3v) is 6.75. The Kier molecular flexibility index (Phi) is 6.96. The predicted molar refractivity (Wildman–Crippen MR) is 120 cm³/mol. The number of rotatable bonds is 8. The Hall–Kier alpha value is -2.64. The minimum atomic E-state index is -0.644. The van der Waals surface area contributed by atoms with Gasteiger partial charge in [0.25, 0.3) is 0 Å². The number of methoxy groups -OCH3 is 2. The first-order valence-corrected chi connectivity index (χ1v) is 11.2. The fraction of sp³-hybridized carbons (Fsp3) is 0.480. The van der Waals surface area contributed by atoms with E-state index < -0.39 is 5.41 Å². The average molecular weight is 443 g/mol. The summed E-state index contributed by atoms with van der Waals surface area (Å²) in [5.74, 6) is 0.983. The predicted octanol–water partition coefficient (Wildman–Crippen LogP) is 3.45. The Labute approximate surface area is 188 Å². The molecular formula is C25H31FN2O4. The minimum absolute atomic E-state index is 0.0342. The number of nitrogens with one attached hydrogen (secondary N) is 1. The van der Waals surface area contributed by atoms with E-state index in [2.05, 4.69) is 10.2 Å². The maximum Gasteiger partial charge on any atom is 0.230 e. The smallest absolute Gasteiger partial charge is 0.230 e. The van der Waals surface area contributed by atoms with E-state index in [9.17, 15) is 9.18 Å². The van der Waals surface area contributed by atoms with E-state index in [0.29, 0.717) is 31.3 Å². The highest BCUT2D eigenvalue weighted by molar-refractivity contribution is 5.89. The molecule has 1 saturated carbocycles. The van der Waals surface area contributed by atoms with Crippen molar-refractivity contribution in [2.75, 3.05) is 47.1 Å². The Bertz CT molecular complexity index is 941. The van der Waals surface area contributed by atoms with Crippen LogP contribution in [0.1, 0.15) is 36.4 Å². The van der Waals surface area contributed by atoms with E-state index in [1.807, 2.05) is 24.3 Å². The van der Waals surface area contributed by atoms with E-state index in [-0.39, 0.29) is 17.8 Å². The van der Waals surface area contributed by atoms with Crippen molar-refractivity contribution in [3.8, 4) is 11.5 Å². The van der Waals surface area contributed by atoms with Gasteiger partial charge in [-0.15, -0.1) is 0 Å². The highest BCUT2D eigenvalue weighted by Crippen LogP contribution is 2.44. The van der Waals surface area contributed by atoms with Crippen molar-refractivity contribution in [3.05, 3.63) is 59.4 Å². The summed E-state index contributed by atoms with van der Waals surface area (Å²) in [4.78, 5) is 15.7. The van der Waals surface area contributed by atoms with Crippen LogP contribution in [-0.4, -0.2) is 57.9 Å². The lowest BCUT2D eigenvalue weighted by Crippen LogP contribution is -2.51. The lowest BCUT2D eigenvalue weighted by atomic mass is 9.63. The van der Waals surface area contributed by atoms with Crippen molar-refractivity contribution in [1.82, 2.24) is 10.2 Å². The molecule has 1 aliphatic carbocycles. The first-order chi connectivity index (χ1) is 15.6. The Balaban J connectivity index is 1.56. The van der Waals surface area contributed by atoms with Crippen LogP contribution >= 0.6 is 0 Å². The van der Waals surface area contributed by atoms with Crippen LogP contribution in [0.25, 0.3) is 0 Å². The van der Waals surface area contributed by atoms with Crippen LogP contribution < -0.4 is 14.8 Å². The maximum atomic E-state index is 13.9. The van der Waals surface area contributed by atoms with E-state index in [4.69, 9.17) is 14.2 Å². The second-order valence-electron chi connectivity index (χ2n) is 8.43. The highest BCUT2D eigenvalue weighted by atomic mass is 19.1. The van der Waals surface area contributed by atoms with Gasteiger partial charge in [-0.05, 0) is 48.2 Å². The van der Waals surface area contributed by atoms with Crippen LogP contribution in [0, 0.1) is 5.82 Å². The number of ether oxygens (including phenoxy) is 3. The molecule has 2 aromatic carbocycles. The minimum Gasteiger partial charge on any atom is -0.493 e. The summed E-state index contributed by atoms with van der Waals surface area (Å²) in [5, 5.41) is 3.19. The van der Waals surface area contributed by atoms with Gasteiger partial charge < -0.3 is 19.5 Å². The second-order valence-corrected chi connectivity index (χ2v) is 8.43. The molecule has 6 nitrogen and oxygen atoms in total. The molecule has 172 valence electrons. The van der Waals surface area contributed by atoms with E-state index in [1.165, 1.54) is 12.1 Å². The van der Waals surface area contributed by atoms with Crippen molar-refractivity contribution < 1.29 is 23.4 Å². The van der Waals surface area contributed by atoms with Gasteiger partial charge in [-0.1, -0.05) is 24.6 Å². The monoisotopic (exact) mass is 442 g/mol. The zero-order valence-electron chi connectivity index (χ0n) is 18.7. The summed E-state index contributed by atoms with van der Waals surface area (Å²) >= 11 is 0. The molecule has 1 N–H and O–H groups in total. The Morgan fingerprint density at radius 1 is 1.12 bits per heavy atom. The Morgan fingerprint density at radius 2 is 1.88 bits per heavy atom. The molecule has 1 amide bonds. The number of benzene rings is 2. The molecule has 2 fully saturated rings. The standard InChI is InChI=1S/C25H31FN2O4/c1-30-22-8-7-18(15-23(22)31-2)21(28-11-13-32-14-12-28)17-27-24(29)25(9-4-10-25)19-5-3-6-20(26)16-19/h3,5-8,15-16,21H,4,9-14,17H2,1-2H3,(H,27,29). The quantitative estimate of drug-likeness (QED) is 0.679. The first kappa shape index (κ1) is 22.6. The molecule has 1 unspecified atom stereocenters. The zero-order valence-corrected chi connectivity index (χ0v) is 18.7. The molecule has 0 bridgehead atoms. The van der Waals surface area contributed by atoms with Crippen LogP contribution in [0.2, 0.25) is 0 Å². The maximum absolute atomic E-state index is 13.9. The topological polar surface area (TPSA) is 60.0 Å². The molecule has 0 spiro atoms. The third-order valence-electron chi connectivity index (χ3n) is 6.75. The van der Waals surface area contributed by atoms with Crippen molar-refractivity contribution in [2.45, 2.75) is 30.7 Å². The molecule has 7 heteroatoms. The van der Waals surface area contributed by atoms with Gasteiger partial charge in [0, 0.05) is 19.6 Å². The fourth-order valence-electron chi connectivity index (χ4n) is 4.73. The Morgan fingerprint density at radius 3 is 2.50 bits per heavy atom. The van der Waals surface area contributed by atoms with Crippen molar-refractivity contribution in [2.24, 2.45) is 0 Å². The van der Waals surface area contributed by atoms with Crippen LogP contribution in [-0.2, 0) is 14.9 Å². The van der Waals surface area contributed by atoms with Crippen molar-refractivity contribution >= 4 is 5.91 Å². The lowest BCUT2D eigenvalue weighted by molar-refractivity contribution is -0.130. The lowest BCUT2D eigenvalue weighted by Gasteiger charge is -2.42. The molecule has 2 aliphatic rings. The number of hydrogen-bond acceptors (Lipinski definition) is 5. The van der Waals surface area contributed by atoms with Crippen molar-refractivity contribution in [1.29, 1.82) is 0 Å². The van der Waals surface area contributed by atoms with Gasteiger partial charge in [-0.2, -0.15) is 0 Å². The van der Waals surface area contributed by atoms with E-state index in [0.717, 1.165) is 43.5 Å². The number of amides is 1. The van der Waals surface area contributed by atoms with Gasteiger partial charge in [0.1, 0.15) is 5.82 Å². The number of carbonyl (C=O) groups excluding carboxylic acids is 1. The second kappa shape index (κ2) is 9.88. The molecule has 0 aromatic heterocycles. The van der Waals surface area contributed by atoms with Crippen molar-refractivity contribution in [3.63, 3.8) is 0 Å². The molecule has 1 heterocycles. The summed E-state index contributed by atoms with van der Waals surface area (Å²) < 4.78 is 30.3. The van der Waals surface area contributed by atoms with Crippen LogP contribution in [0.5, 0.6) is 11.5 Å². The number of hydrogen-bond donors (Lipinski definition) is 1. The number of morpholine rings is 1. The number of halogens is 1. The average Bonchev–Trinajstić information content (AvgIpc) is 2.79. The summed E-state index contributed by atoms with van der Waals surface area (Å²) in [5.41, 5.74) is 1.16. The summed E-state index contributed by atoms with van der Waals surface area (Å²) in [6, 6.07) is 12.3. The zero-order chi connectivity index (χ0) is 22.6. The molecular weight excluding hydrogens is 411 g/mol. The largest absolute Gasteiger partial charge is 0.493 e. The van der Waals surface area contributed by atoms with Gasteiger partial charge in [0.2, 0.25) is 5.91 Å². The van der Waals surface area contributed by atoms with E-state index >= 15 is 0 Å². The van der Waals surface area contributed by atoms with Gasteiger partial charge >= 0.3 is 0 Å². The molecule has 1 atom stereocenters. The van der Waals surface area contributed by atoms with Crippen LogP contribution in [0.3, 0.4) is 0 Å². The first-order valence-electron chi connectivity index (χ1n) is 11.2.